The quantitative estimate of drug-likeness (QED) is 0.532. The van der Waals surface area contributed by atoms with Gasteiger partial charge in [-0.3, -0.25) is 9.59 Å². The average molecular weight is 481 g/mol. The van der Waals surface area contributed by atoms with Crippen LogP contribution >= 0.6 is 0 Å². The summed E-state index contributed by atoms with van der Waals surface area (Å²) in [5, 5.41) is 3.69. The van der Waals surface area contributed by atoms with E-state index in [0.717, 1.165) is 42.3 Å². The highest BCUT2D eigenvalue weighted by Crippen LogP contribution is 2.35. The maximum absolute atomic E-state index is 13.5. The van der Waals surface area contributed by atoms with Crippen LogP contribution in [0.2, 0.25) is 0 Å². The molecular weight excluding hydrogens is 444 g/mol. The Morgan fingerprint density at radius 3 is 2.49 bits per heavy atom. The van der Waals surface area contributed by atoms with E-state index in [0.29, 0.717) is 40.2 Å². The van der Waals surface area contributed by atoms with Crippen molar-refractivity contribution in [3.05, 3.63) is 57.2 Å². The highest BCUT2D eigenvalue weighted by Gasteiger charge is 2.28. The van der Waals surface area contributed by atoms with E-state index in [9.17, 15) is 9.59 Å². The van der Waals surface area contributed by atoms with Crippen molar-refractivity contribution < 1.29 is 13.9 Å². The average Bonchev–Trinajstić information content (AvgIpc) is 3.30. The first-order valence-electron chi connectivity index (χ1n) is 12.2. The van der Waals surface area contributed by atoms with Crippen LogP contribution in [0.4, 0.5) is 5.69 Å². The van der Waals surface area contributed by atoms with Crippen molar-refractivity contribution in [3.8, 4) is 5.75 Å². The first kappa shape index (κ1) is 24.9. The number of aromatic amines is 1. The number of carbonyl (C=O) groups excluding carboxylic acids is 1. The summed E-state index contributed by atoms with van der Waals surface area (Å²) in [6.45, 7) is 3.84. The summed E-state index contributed by atoms with van der Waals surface area (Å²) in [4.78, 5) is 33.3. The van der Waals surface area contributed by atoms with E-state index >= 15 is 0 Å². The molecule has 3 aromatic rings. The van der Waals surface area contributed by atoms with Crippen molar-refractivity contribution in [1.29, 1.82) is 0 Å². The van der Waals surface area contributed by atoms with Crippen molar-refractivity contribution in [3.63, 3.8) is 0 Å². The zero-order chi connectivity index (χ0) is 25.3. The third kappa shape index (κ3) is 4.93. The third-order valence-electron chi connectivity index (χ3n) is 7.42. The van der Waals surface area contributed by atoms with Crippen molar-refractivity contribution in [1.82, 2.24) is 15.2 Å². The molecular formula is C27H36N4O4. The lowest BCUT2D eigenvalue weighted by atomic mass is 9.89. The van der Waals surface area contributed by atoms with E-state index < -0.39 is 0 Å². The second-order valence-electron chi connectivity index (χ2n) is 9.78. The summed E-state index contributed by atoms with van der Waals surface area (Å²) in [6, 6.07) is 6.64. The van der Waals surface area contributed by atoms with E-state index in [1.54, 1.807) is 19.3 Å². The van der Waals surface area contributed by atoms with Crippen LogP contribution in [0.5, 0.6) is 5.75 Å². The third-order valence-corrected chi connectivity index (χ3v) is 7.42. The fourth-order valence-corrected chi connectivity index (χ4v) is 5.31. The number of anilines is 1. The number of methoxy groups -OCH3 is 1. The molecule has 4 rings (SSSR count). The van der Waals surface area contributed by atoms with Crippen molar-refractivity contribution >= 4 is 22.6 Å². The zero-order valence-electron chi connectivity index (χ0n) is 21.5. The molecule has 1 aliphatic carbocycles. The summed E-state index contributed by atoms with van der Waals surface area (Å²) in [5.74, 6) is 0.209. The molecule has 2 heterocycles. The lowest BCUT2D eigenvalue weighted by Gasteiger charge is -2.38. The number of fused-ring (bicyclic) bond motifs is 1. The summed E-state index contributed by atoms with van der Waals surface area (Å²) in [6.07, 6.45) is 6.13. The minimum atomic E-state index is -0.269. The number of ether oxygens (including phenoxy) is 1. The fourth-order valence-electron chi connectivity index (χ4n) is 5.31. The molecule has 0 unspecified atom stereocenters. The van der Waals surface area contributed by atoms with Crippen LogP contribution in [-0.2, 0) is 6.54 Å². The Morgan fingerprint density at radius 1 is 1.14 bits per heavy atom. The molecule has 1 fully saturated rings. The van der Waals surface area contributed by atoms with E-state index in [4.69, 9.17) is 9.15 Å². The maximum Gasteiger partial charge on any atom is 0.256 e. The molecule has 35 heavy (non-hydrogen) atoms. The standard InChI is InChI=1S/C27H36N4O4/c1-16-13-23(34-6)21(26(32)29-16)15-28-27(33)25-17(2)22(14-24-20(25)11-12-35-24)31(5)19-9-7-18(8-10-19)30(3)4/h11-14,18-19H,7-10,15H2,1-6H3,(H,28,33)(H,29,32). The molecule has 0 radical (unpaired) electrons. The minimum absolute atomic E-state index is 0.0605. The van der Waals surface area contributed by atoms with Crippen molar-refractivity contribution in [2.75, 3.05) is 33.2 Å². The van der Waals surface area contributed by atoms with Crippen molar-refractivity contribution in [2.45, 2.75) is 58.2 Å². The van der Waals surface area contributed by atoms with E-state index in [1.165, 1.54) is 7.11 Å². The molecule has 0 atom stereocenters. The number of nitrogens with zero attached hydrogens (tertiary/aromatic N) is 2. The number of furan rings is 1. The number of pyridine rings is 1. The van der Waals surface area contributed by atoms with Crippen LogP contribution in [0, 0.1) is 13.8 Å². The zero-order valence-corrected chi connectivity index (χ0v) is 21.5. The first-order valence-corrected chi connectivity index (χ1v) is 12.2. The van der Waals surface area contributed by atoms with Crippen LogP contribution in [-0.4, -0.2) is 56.1 Å². The number of amides is 1. The van der Waals surface area contributed by atoms with Crippen LogP contribution < -0.4 is 20.5 Å². The number of hydrogen-bond acceptors (Lipinski definition) is 6. The van der Waals surface area contributed by atoms with Crippen LogP contribution in [0.3, 0.4) is 0 Å². The van der Waals surface area contributed by atoms with Gasteiger partial charge in [0.2, 0.25) is 0 Å². The number of benzene rings is 1. The molecule has 2 N–H and O–H groups in total. The SMILES string of the molecule is COc1cc(C)[nH]c(=O)c1CNC(=O)c1c(C)c(N(C)C2CCC(N(C)C)CC2)cc2occc12. The predicted molar refractivity (Wildman–Crippen MR) is 139 cm³/mol. The number of aromatic nitrogens is 1. The molecule has 1 saturated carbocycles. The molecule has 0 aliphatic heterocycles. The van der Waals surface area contributed by atoms with Gasteiger partial charge in [0.25, 0.3) is 11.5 Å². The molecule has 8 heteroatoms. The molecule has 0 saturated heterocycles. The van der Waals surface area contributed by atoms with Crippen LogP contribution in [0.15, 0.2) is 33.7 Å². The van der Waals surface area contributed by atoms with Gasteiger partial charge in [-0.25, -0.2) is 0 Å². The molecule has 1 amide bonds. The largest absolute Gasteiger partial charge is 0.496 e. The molecule has 1 aliphatic rings. The highest BCUT2D eigenvalue weighted by atomic mass is 16.5. The Balaban J connectivity index is 1.61. The Bertz CT molecular complexity index is 1270. The Kier molecular flexibility index (Phi) is 7.21. The van der Waals surface area contributed by atoms with Gasteiger partial charge in [0, 0.05) is 42.0 Å². The summed E-state index contributed by atoms with van der Waals surface area (Å²) in [5.41, 5.74) is 3.97. The second kappa shape index (κ2) is 10.2. The molecule has 0 bridgehead atoms. The van der Waals surface area contributed by atoms with Crippen LogP contribution in [0.1, 0.15) is 52.9 Å². The first-order chi connectivity index (χ1) is 16.7. The lowest BCUT2D eigenvalue weighted by Crippen LogP contribution is -2.40. The molecule has 2 aromatic heterocycles. The number of carbonyl (C=O) groups is 1. The van der Waals surface area contributed by atoms with Gasteiger partial charge in [-0.15, -0.1) is 0 Å². The summed E-state index contributed by atoms with van der Waals surface area (Å²) in [7, 11) is 7.92. The second-order valence-corrected chi connectivity index (χ2v) is 9.78. The monoisotopic (exact) mass is 480 g/mol. The van der Waals surface area contributed by atoms with Gasteiger partial charge in [-0.05, 0) is 71.3 Å². The van der Waals surface area contributed by atoms with Gasteiger partial charge in [-0.2, -0.15) is 0 Å². The topological polar surface area (TPSA) is 90.8 Å². The smallest absolute Gasteiger partial charge is 0.256 e. The van der Waals surface area contributed by atoms with Gasteiger partial charge >= 0.3 is 0 Å². The van der Waals surface area contributed by atoms with Gasteiger partial charge in [0.15, 0.2) is 0 Å². The summed E-state index contributed by atoms with van der Waals surface area (Å²) < 4.78 is 11.1. The Morgan fingerprint density at radius 2 is 1.83 bits per heavy atom. The summed E-state index contributed by atoms with van der Waals surface area (Å²) >= 11 is 0. The van der Waals surface area contributed by atoms with Gasteiger partial charge < -0.3 is 29.3 Å². The minimum Gasteiger partial charge on any atom is -0.496 e. The van der Waals surface area contributed by atoms with Crippen LogP contribution in [0.25, 0.3) is 11.0 Å². The number of rotatable bonds is 7. The maximum atomic E-state index is 13.5. The van der Waals surface area contributed by atoms with E-state index in [-0.39, 0.29) is 18.0 Å². The molecule has 188 valence electrons. The number of aryl methyl sites for hydroxylation is 1. The van der Waals surface area contributed by atoms with E-state index in [1.807, 2.05) is 19.1 Å². The lowest BCUT2D eigenvalue weighted by molar-refractivity contribution is 0.0951. The predicted octanol–water partition coefficient (Wildman–Crippen LogP) is 3.99. The normalized spacial score (nSPS) is 18.1. The number of H-pyrrole nitrogens is 1. The van der Waals surface area contributed by atoms with Gasteiger partial charge in [0.1, 0.15) is 11.3 Å². The van der Waals surface area contributed by atoms with E-state index in [2.05, 4.69) is 41.2 Å². The molecule has 0 spiro atoms. The Labute approximate surface area is 206 Å². The Hall–Kier alpha value is -3.26. The van der Waals surface area contributed by atoms with Gasteiger partial charge in [0.05, 0.1) is 31.0 Å². The molecule has 1 aromatic carbocycles. The fraction of sp³-hybridized carbons (Fsp3) is 0.481. The van der Waals surface area contributed by atoms with Crippen molar-refractivity contribution in [2.24, 2.45) is 0 Å². The highest BCUT2D eigenvalue weighted by molar-refractivity contribution is 6.09. The number of hydrogen-bond donors (Lipinski definition) is 2. The molecule has 8 nitrogen and oxygen atoms in total. The van der Waals surface area contributed by atoms with Gasteiger partial charge in [-0.1, -0.05) is 0 Å². The number of nitrogens with one attached hydrogen (secondary N) is 2.